The minimum atomic E-state index is -0.243. The van der Waals surface area contributed by atoms with E-state index in [0.29, 0.717) is 0 Å². The molecule has 0 rings (SSSR count). The van der Waals surface area contributed by atoms with Gasteiger partial charge in [-0.1, -0.05) is 6.92 Å². The van der Waals surface area contributed by atoms with Gasteiger partial charge in [0.25, 0.3) is 0 Å². The SMILES string of the molecule is CCC(OC)OC(C)N(C)C=O. The van der Waals surface area contributed by atoms with Crippen LogP contribution in [0.5, 0.6) is 0 Å². The van der Waals surface area contributed by atoms with Crippen LogP contribution in [0, 0.1) is 0 Å². The molecule has 0 aliphatic rings. The van der Waals surface area contributed by atoms with Crippen molar-refractivity contribution in [3.05, 3.63) is 0 Å². The van der Waals surface area contributed by atoms with Gasteiger partial charge in [0.1, 0.15) is 6.23 Å². The maximum atomic E-state index is 10.3. The van der Waals surface area contributed by atoms with Crippen molar-refractivity contribution in [3.63, 3.8) is 0 Å². The molecule has 0 aromatic carbocycles. The van der Waals surface area contributed by atoms with Gasteiger partial charge in [-0.25, -0.2) is 0 Å². The fourth-order valence-electron chi connectivity index (χ4n) is 0.720. The Labute approximate surface area is 73.4 Å². The first-order chi connectivity index (χ1) is 5.65. The Bertz CT molecular complexity index is 125. The van der Waals surface area contributed by atoms with Crippen LogP contribution in [0.15, 0.2) is 0 Å². The normalized spacial score (nSPS) is 15.3. The van der Waals surface area contributed by atoms with E-state index in [9.17, 15) is 4.79 Å². The predicted octanol–water partition coefficient (Wildman–Crippen LogP) is 0.820. The molecule has 0 saturated carbocycles. The summed E-state index contributed by atoms with van der Waals surface area (Å²) >= 11 is 0. The van der Waals surface area contributed by atoms with E-state index in [2.05, 4.69) is 0 Å². The third-order valence-electron chi connectivity index (χ3n) is 1.68. The van der Waals surface area contributed by atoms with Gasteiger partial charge in [0.2, 0.25) is 6.41 Å². The highest BCUT2D eigenvalue weighted by Crippen LogP contribution is 2.04. The molecule has 2 atom stereocenters. The number of amides is 1. The Kier molecular flexibility index (Phi) is 5.66. The van der Waals surface area contributed by atoms with Crippen LogP contribution in [0.2, 0.25) is 0 Å². The van der Waals surface area contributed by atoms with E-state index >= 15 is 0 Å². The van der Waals surface area contributed by atoms with E-state index in [4.69, 9.17) is 9.47 Å². The monoisotopic (exact) mass is 175 g/mol. The smallest absolute Gasteiger partial charge is 0.211 e. The van der Waals surface area contributed by atoms with Crippen LogP contribution in [0.4, 0.5) is 0 Å². The molecule has 4 nitrogen and oxygen atoms in total. The van der Waals surface area contributed by atoms with Crippen molar-refractivity contribution in [2.24, 2.45) is 0 Å². The second-order valence-electron chi connectivity index (χ2n) is 2.58. The lowest BCUT2D eigenvalue weighted by atomic mass is 10.4. The van der Waals surface area contributed by atoms with Gasteiger partial charge in [0, 0.05) is 14.2 Å². The predicted molar refractivity (Wildman–Crippen MR) is 45.5 cm³/mol. The lowest BCUT2D eigenvalue weighted by Crippen LogP contribution is -2.34. The first-order valence-corrected chi connectivity index (χ1v) is 4.01. The average molecular weight is 175 g/mol. The number of carbonyl (C=O) groups excluding carboxylic acids is 1. The Morgan fingerprint density at radius 2 is 2.17 bits per heavy atom. The van der Waals surface area contributed by atoms with Crippen LogP contribution in [0.1, 0.15) is 20.3 Å². The summed E-state index contributed by atoms with van der Waals surface area (Å²) in [6.45, 7) is 3.76. The molecular formula is C8H17NO3. The molecule has 0 fully saturated rings. The molecule has 0 radical (unpaired) electrons. The number of methoxy groups -OCH3 is 1. The molecule has 2 unspecified atom stereocenters. The molecule has 72 valence electrons. The standard InChI is InChI=1S/C8H17NO3/c1-5-8(11-4)12-7(2)9(3)6-10/h6-8H,5H2,1-4H3. The summed E-state index contributed by atoms with van der Waals surface area (Å²) in [5.74, 6) is 0. The van der Waals surface area contributed by atoms with Gasteiger partial charge in [0.05, 0.1) is 0 Å². The highest BCUT2D eigenvalue weighted by atomic mass is 16.7. The topological polar surface area (TPSA) is 38.8 Å². The highest BCUT2D eigenvalue weighted by molar-refractivity contribution is 5.46. The van der Waals surface area contributed by atoms with Crippen molar-refractivity contribution in [1.82, 2.24) is 4.90 Å². The minimum absolute atomic E-state index is 0.234. The second-order valence-corrected chi connectivity index (χ2v) is 2.58. The van der Waals surface area contributed by atoms with Gasteiger partial charge < -0.3 is 14.4 Å². The van der Waals surface area contributed by atoms with Crippen molar-refractivity contribution in [3.8, 4) is 0 Å². The summed E-state index contributed by atoms with van der Waals surface area (Å²) in [5.41, 5.74) is 0. The summed E-state index contributed by atoms with van der Waals surface area (Å²) < 4.78 is 10.4. The van der Waals surface area contributed by atoms with Crippen molar-refractivity contribution in [2.75, 3.05) is 14.2 Å². The zero-order valence-electron chi connectivity index (χ0n) is 8.11. The van der Waals surface area contributed by atoms with E-state index in [1.54, 1.807) is 21.1 Å². The molecule has 0 aromatic heterocycles. The van der Waals surface area contributed by atoms with Gasteiger partial charge in [-0.05, 0) is 13.3 Å². The maximum Gasteiger partial charge on any atom is 0.211 e. The Hall–Kier alpha value is -0.610. The lowest BCUT2D eigenvalue weighted by Gasteiger charge is -2.24. The van der Waals surface area contributed by atoms with Crippen LogP contribution in [-0.4, -0.2) is 38.0 Å². The summed E-state index contributed by atoms with van der Waals surface area (Å²) in [7, 11) is 3.25. The summed E-state index contributed by atoms with van der Waals surface area (Å²) in [5, 5.41) is 0. The Balaban J connectivity index is 3.79. The third kappa shape index (κ3) is 3.69. The zero-order valence-corrected chi connectivity index (χ0v) is 8.11. The number of hydrogen-bond acceptors (Lipinski definition) is 3. The van der Waals surface area contributed by atoms with Gasteiger partial charge in [-0.2, -0.15) is 0 Å². The molecule has 0 saturated heterocycles. The average Bonchev–Trinajstić information content (AvgIpc) is 2.12. The second kappa shape index (κ2) is 5.97. The van der Waals surface area contributed by atoms with Gasteiger partial charge in [-0.15, -0.1) is 0 Å². The number of hydrogen-bond donors (Lipinski definition) is 0. The number of carbonyl (C=O) groups is 1. The molecule has 0 aromatic rings. The molecule has 0 heterocycles. The van der Waals surface area contributed by atoms with Crippen LogP contribution in [0.3, 0.4) is 0 Å². The Morgan fingerprint density at radius 3 is 2.50 bits per heavy atom. The molecule has 4 heteroatoms. The fourth-order valence-corrected chi connectivity index (χ4v) is 0.720. The van der Waals surface area contributed by atoms with E-state index in [1.807, 2.05) is 6.92 Å². The first-order valence-electron chi connectivity index (χ1n) is 4.01. The van der Waals surface area contributed by atoms with Crippen LogP contribution in [0.25, 0.3) is 0 Å². The number of nitrogens with zero attached hydrogens (tertiary/aromatic N) is 1. The molecule has 0 aliphatic carbocycles. The van der Waals surface area contributed by atoms with Crippen molar-refractivity contribution >= 4 is 6.41 Å². The lowest BCUT2D eigenvalue weighted by molar-refractivity contribution is -0.186. The van der Waals surface area contributed by atoms with E-state index < -0.39 is 0 Å². The maximum absolute atomic E-state index is 10.3. The van der Waals surface area contributed by atoms with Crippen LogP contribution < -0.4 is 0 Å². The molecule has 0 aliphatic heterocycles. The molecule has 0 bridgehead atoms. The van der Waals surface area contributed by atoms with Crippen molar-refractivity contribution < 1.29 is 14.3 Å². The fraction of sp³-hybridized carbons (Fsp3) is 0.875. The first kappa shape index (κ1) is 11.4. The zero-order chi connectivity index (χ0) is 9.56. The van der Waals surface area contributed by atoms with Crippen LogP contribution >= 0.6 is 0 Å². The molecular weight excluding hydrogens is 158 g/mol. The van der Waals surface area contributed by atoms with Gasteiger partial charge >= 0.3 is 0 Å². The Morgan fingerprint density at radius 1 is 1.58 bits per heavy atom. The summed E-state index contributed by atoms with van der Waals surface area (Å²) in [6, 6.07) is 0. The summed E-state index contributed by atoms with van der Waals surface area (Å²) in [4.78, 5) is 11.8. The molecule has 0 spiro atoms. The number of ether oxygens (including phenoxy) is 2. The van der Waals surface area contributed by atoms with Crippen molar-refractivity contribution in [2.45, 2.75) is 32.8 Å². The largest absolute Gasteiger partial charge is 0.356 e. The van der Waals surface area contributed by atoms with E-state index in [1.165, 1.54) is 4.90 Å². The quantitative estimate of drug-likeness (QED) is 0.443. The van der Waals surface area contributed by atoms with E-state index in [0.717, 1.165) is 12.8 Å². The highest BCUT2D eigenvalue weighted by Gasteiger charge is 2.12. The van der Waals surface area contributed by atoms with Crippen molar-refractivity contribution in [1.29, 1.82) is 0 Å². The summed E-state index contributed by atoms with van der Waals surface area (Å²) in [6.07, 6.45) is 1.02. The number of rotatable bonds is 6. The molecule has 12 heavy (non-hydrogen) atoms. The molecule has 0 N–H and O–H groups in total. The van der Waals surface area contributed by atoms with Gasteiger partial charge in [-0.3, -0.25) is 4.79 Å². The molecule has 1 amide bonds. The third-order valence-corrected chi connectivity index (χ3v) is 1.68. The van der Waals surface area contributed by atoms with E-state index in [-0.39, 0.29) is 12.5 Å². The van der Waals surface area contributed by atoms with Crippen LogP contribution in [-0.2, 0) is 14.3 Å². The van der Waals surface area contributed by atoms with Gasteiger partial charge in [0.15, 0.2) is 6.29 Å². The minimum Gasteiger partial charge on any atom is -0.356 e.